The monoisotopic (exact) mass is 403 g/mol. The van der Waals surface area contributed by atoms with Crippen LogP contribution in [0.4, 0.5) is 18.0 Å². The first-order chi connectivity index (χ1) is 12.9. The maximum Gasteiger partial charge on any atom is 0.432 e. The van der Waals surface area contributed by atoms with Crippen molar-refractivity contribution in [2.75, 3.05) is 13.7 Å². The highest BCUT2D eigenvalue weighted by Gasteiger charge is 2.64. The lowest BCUT2D eigenvalue weighted by Gasteiger charge is -2.32. The summed E-state index contributed by atoms with van der Waals surface area (Å²) in [5.41, 5.74) is -4.50. The molecule has 28 heavy (non-hydrogen) atoms. The third-order valence-corrected chi connectivity index (χ3v) is 3.55. The number of hydrogen-bond donors (Lipinski definition) is 1. The third kappa shape index (κ3) is 5.72. The lowest BCUT2D eigenvalue weighted by atomic mass is 9.93. The van der Waals surface area contributed by atoms with Gasteiger partial charge in [-0.2, -0.15) is 13.2 Å². The molecule has 1 rings (SSSR count). The van der Waals surface area contributed by atoms with Gasteiger partial charge in [0, 0.05) is 12.7 Å². The molecule has 0 aliphatic heterocycles. The lowest BCUT2D eigenvalue weighted by Crippen LogP contribution is -2.52. The Morgan fingerprint density at radius 3 is 2.18 bits per heavy atom. The van der Waals surface area contributed by atoms with E-state index in [0.717, 1.165) is 19.2 Å². The van der Waals surface area contributed by atoms with Crippen molar-refractivity contribution >= 4 is 12.1 Å². The van der Waals surface area contributed by atoms with Crippen LogP contribution >= 0.6 is 0 Å². The van der Waals surface area contributed by atoms with Crippen LogP contribution in [0.2, 0.25) is 0 Å². The molecule has 0 saturated carbocycles. The smallest absolute Gasteiger partial charge is 0.432 e. The first-order valence-electron chi connectivity index (χ1n) is 8.34. The number of methoxy groups -OCH3 is 1. The van der Waals surface area contributed by atoms with Gasteiger partial charge in [-0.25, -0.2) is 9.59 Å². The Kier molecular flexibility index (Phi) is 7.63. The maximum absolute atomic E-state index is 13.8. The zero-order chi connectivity index (χ0) is 21.6. The van der Waals surface area contributed by atoms with Gasteiger partial charge in [0.15, 0.2) is 0 Å². The van der Waals surface area contributed by atoms with Crippen molar-refractivity contribution in [3.63, 3.8) is 0 Å². The van der Waals surface area contributed by atoms with Gasteiger partial charge in [0.05, 0.1) is 6.04 Å². The Hall–Kier alpha value is -2.55. The molecule has 0 fully saturated rings. The number of alkyl halides is 3. The number of halogens is 3. The number of benzene rings is 1. The molecule has 0 aliphatic rings. The summed E-state index contributed by atoms with van der Waals surface area (Å²) in [6.45, 7) is 7.81. The van der Waals surface area contributed by atoms with Crippen molar-refractivity contribution in [1.82, 2.24) is 5.32 Å². The van der Waals surface area contributed by atoms with E-state index in [1.165, 1.54) is 24.3 Å². The average Bonchev–Trinajstić information content (AvgIpc) is 2.57. The number of alkyl carbamates (subject to hydrolysis) is 1. The SMILES string of the molecule is C=C[C@@H](COC(=O)[C@](OC)(c1ccccc1)C(F)(F)F)NC(=O)OC(C)(C)C. The lowest BCUT2D eigenvalue weighted by molar-refractivity contribution is -0.276. The molecule has 9 heteroatoms. The van der Waals surface area contributed by atoms with Crippen LogP contribution < -0.4 is 5.32 Å². The number of amides is 1. The van der Waals surface area contributed by atoms with E-state index in [2.05, 4.69) is 16.6 Å². The summed E-state index contributed by atoms with van der Waals surface area (Å²) >= 11 is 0. The average molecular weight is 403 g/mol. The molecular weight excluding hydrogens is 379 g/mol. The van der Waals surface area contributed by atoms with E-state index < -0.39 is 47.7 Å². The molecule has 0 spiro atoms. The molecule has 1 aromatic carbocycles. The zero-order valence-corrected chi connectivity index (χ0v) is 16.1. The molecule has 0 aromatic heterocycles. The summed E-state index contributed by atoms with van der Waals surface area (Å²) in [4.78, 5) is 24.2. The fourth-order valence-electron chi connectivity index (χ4n) is 2.28. The van der Waals surface area contributed by atoms with Crippen molar-refractivity contribution < 1.29 is 37.0 Å². The highest BCUT2D eigenvalue weighted by molar-refractivity contribution is 5.82. The maximum atomic E-state index is 13.8. The second kappa shape index (κ2) is 9.09. The van der Waals surface area contributed by atoms with Gasteiger partial charge in [0.25, 0.3) is 5.60 Å². The minimum Gasteiger partial charge on any atom is -0.460 e. The first kappa shape index (κ1) is 23.5. The van der Waals surface area contributed by atoms with E-state index in [-0.39, 0.29) is 0 Å². The Labute approximate surface area is 161 Å². The molecule has 0 saturated heterocycles. The van der Waals surface area contributed by atoms with Gasteiger partial charge in [-0.15, -0.1) is 6.58 Å². The highest BCUT2D eigenvalue weighted by Crippen LogP contribution is 2.42. The van der Waals surface area contributed by atoms with Crippen molar-refractivity contribution in [3.8, 4) is 0 Å². The largest absolute Gasteiger partial charge is 0.460 e. The Morgan fingerprint density at radius 1 is 1.18 bits per heavy atom. The molecule has 6 nitrogen and oxygen atoms in total. The number of hydrogen-bond acceptors (Lipinski definition) is 5. The summed E-state index contributed by atoms with van der Waals surface area (Å²) in [7, 11) is 0.770. The van der Waals surface area contributed by atoms with Crippen LogP contribution in [-0.2, 0) is 24.6 Å². The molecule has 0 heterocycles. The van der Waals surface area contributed by atoms with Crippen LogP contribution in [0.3, 0.4) is 0 Å². The summed E-state index contributed by atoms with van der Waals surface area (Å²) < 4.78 is 55.8. The standard InChI is InChI=1S/C19H24F3NO5/c1-6-14(23-16(25)28-17(2,3)4)12-27-15(24)18(26-5,19(20,21)22)13-10-8-7-9-11-13/h6-11,14H,1,12H2,2-5H3,(H,23,25)/t14-,18+/m0/s1. The molecule has 0 unspecified atom stereocenters. The summed E-state index contributed by atoms with van der Waals surface area (Å²) in [6, 6.07) is 5.46. The van der Waals surface area contributed by atoms with Crippen molar-refractivity contribution in [2.24, 2.45) is 0 Å². The number of esters is 1. The number of rotatable bonds is 7. The van der Waals surface area contributed by atoms with Gasteiger partial charge in [0.2, 0.25) is 0 Å². The number of nitrogens with one attached hydrogen (secondary N) is 1. The molecule has 0 bridgehead atoms. The van der Waals surface area contributed by atoms with E-state index >= 15 is 0 Å². The van der Waals surface area contributed by atoms with Gasteiger partial charge in [-0.05, 0) is 20.8 Å². The van der Waals surface area contributed by atoms with Gasteiger partial charge in [-0.1, -0.05) is 36.4 Å². The van der Waals surface area contributed by atoms with Gasteiger partial charge in [0.1, 0.15) is 12.2 Å². The Bertz CT molecular complexity index is 685. The predicted molar refractivity (Wildman–Crippen MR) is 95.5 cm³/mol. The van der Waals surface area contributed by atoms with Crippen molar-refractivity contribution in [2.45, 2.75) is 44.2 Å². The molecule has 0 radical (unpaired) electrons. The van der Waals surface area contributed by atoms with Crippen LogP contribution in [-0.4, -0.2) is 43.6 Å². The first-order valence-corrected chi connectivity index (χ1v) is 8.34. The Balaban J connectivity index is 2.97. The second-order valence-corrected chi connectivity index (χ2v) is 6.84. The third-order valence-electron chi connectivity index (χ3n) is 3.55. The molecule has 1 amide bonds. The van der Waals surface area contributed by atoms with Crippen molar-refractivity contribution in [1.29, 1.82) is 0 Å². The quantitative estimate of drug-likeness (QED) is 0.555. The van der Waals surface area contributed by atoms with E-state index in [0.29, 0.717) is 0 Å². The minimum absolute atomic E-state index is 0.426. The summed E-state index contributed by atoms with van der Waals surface area (Å²) in [5.74, 6) is -1.66. The normalized spacial score (nSPS) is 15.1. The van der Waals surface area contributed by atoms with Gasteiger partial charge < -0.3 is 19.5 Å². The second-order valence-electron chi connectivity index (χ2n) is 6.84. The number of carbonyl (C=O) groups is 2. The molecule has 1 N–H and O–H groups in total. The van der Waals surface area contributed by atoms with Crippen molar-refractivity contribution in [3.05, 3.63) is 48.6 Å². The Morgan fingerprint density at radius 2 is 1.75 bits per heavy atom. The molecule has 156 valence electrons. The summed E-state index contributed by atoms with van der Waals surface area (Å²) in [5, 5.41) is 2.35. The van der Waals surface area contributed by atoms with Crippen LogP contribution in [0.25, 0.3) is 0 Å². The van der Waals surface area contributed by atoms with Crippen LogP contribution in [0, 0.1) is 0 Å². The number of ether oxygens (including phenoxy) is 3. The zero-order valence-electron chi connectivity index (χ0n) is 16.1. The number of carbonyl (C=O) groups excluding carboxylic acids is 2. The van der Waals surface area contributed by atoms with E-state index in [4.69, 9.17) is 9.47 Å². The molecule has 0 aliphatic carbocycles. The van der Waals surface area contributed by atoms with E-state index in [1.807, 2.05) is 0 Å². The van der Waals surface area contributed by atoms with E-state index in [9.17, 15) is 22.8 Å². The summed E-state index contributed by atoms with van der Waals surface area (Å²) in [6.07, 6.45) is -4.70. The van der Waals surface area contributed by atoms with Gasteiger partial charge >= 0.3 is 18.2 Å². The molecule has 1 aromatic rings. The van der Waals surface area contributed by atoms with E-state index in [1.54, 1.807) is 20.8 Å². The minimum atomic E-state index is -5.08. The van der Waals surface area contributed by atoms with Crippen LogP contribution in [0.1, 0.15) is 26.3 Å². The van der Waals surface area contributed by atoms with Crippen LogP contribution in [0.15, 0.2) is 43.0 Å². The fourth-order valence-corrected chi connectivity index (χ4v) is 2.28. The highest BCUT2D eigenvalue weighted by atomic mass is 19.4. The molecule has 2 atom stereocenters. The van der Waals surface area contributed by atoms with Gasteiger partial charge in [-0.3, -0.25) is 0 Å². The van der Waals surface area contributed by atoms with Crippen LogP contribution in [0.5, 0.6) is 0 Å². The molecular formula is C19H24F3NO5. The fraction of sp³-hybridized carbons (Fsp3) is 0.474. The predicted octanol–water partition coefficient (Wildman–Crippen LogP) is 3.71. The topological polar surface area (TPSA) is 73.9 Å².